The number of carbonyl (C=O) groups is 3. The first-order valence-corrected chi connectivity index (χ1v) is 10.1. The number of pyridine rings is 1. The van der Waals surface area contributed by atoms with Gasteiger partial charge >= 0.3 is 5.88 Å². The Hall–Kier alpha value is -4.02. The molecule has 1 saturated heterocycles. The van der Waals surface area contributed by atoms with Crippen molar-refractivity contribution in [3.05, 3.63) is 58.5 Å². The van der Waals surface area contributed by atoms with E-state index < -0.39 is 52.8 Å². The van der Waals surface area contributed by atoms with Gasteiger partial charge in [-0.3, -0.25) is 29.4 Å². The Morgan fingerprint density at radius 1 is 1.25 bits per heavy atom. The highest BCUT2D eigenvalue weighted by atomic mass is 16.6. The van der Waals surface area contributed by atoms with Crippen molar-refractivity contribution in [2.24, 2.45) is 23.7 Å². The van der Waals surface area contributed by atoms with E-state index in [1.165, 1.54) is 24.4 Å². The van der Waals surface area contributed by atoms with Crippen LogP contribution < -0.4 is 5.32 Å². The van der Waals surface area contributed by atoms with Crippen LogP contribution in [0.3, 0.4) is 0 Å². The van der Waals surface area contributed by atoms with Crippen molar-refractivity contribution >= 4 is 29.4 Å². The minimum atomic E-state index is -1.17. The zero-order chi connectivity index (χ0) is 22.6. The number of carbonyl (C=O) groups excluding carboxylic acids is 3. The summed E-state index contributed by atoms with van der Waals surface area (Å²) in [5.41, 5.74) is 0. The number of nitrogens with zero attached hydrogens (tertiary/aromatic N) is 3. The Kier molecular flexibility index (Phi) is 4.54. The molecule has 2 N–H and O–H groups in total. The molecule has 0 radical (unpaired) electrons. The summed E-state index contributed by atoms with van der Waals surface area (Å²) in [5, 5.41) is 23.4. The van der Waals surface area contributed by atoms with E-state index >= 15 is 0 Å². The number of nitro groups is 1. The van der Waals surface area contributed by atoms with Crippen LogP contribution in [0.1, 0.15) is 24.6 Å². The number of aromatic hydroxyl groups is 1. The van der Waals surface area contributed by atoms with Gasteiger partial charge in [-0.25, -0.2) is 4.98 Å². The van der Waals surface area contributed by atoms with Crippen molar-refractivity contribution < 1.29 is 28.8 Å². The van der Waals surface area contributed by atoms with Crippen molar-refractivity contribution in [3.63, 3.8) is 0 Å². The number of aromatic nitrogens is 1. The Morgan fingerprint density at radius 2 is 1.94 bits per heavy atom. The lowest BCUT2D eigenvalue weighted by atomic mass is 9.85. The molecule has 11 heteroatoms. The molecule has 1 aliphatic heterocycles. The standard InChI is InChI=1S/C21H18N4O7/c26-13-2-1-7-22-19(13)23-15(27)9-12(14-5-6-16(32-14)25(30)31)24-20(28)17-10-3-4-11(8-10)18(17)21(24)29/h1-7,10-12,17-18,26H,8-9H2,(H,22,23,27). The number of anilines is 1. The second-order valence-corrected chi connectivity index (χ2v) is 8.12. The number of imide groups is 1. The van der Waals surface area contributed by atoms with Gasteiger partial charge in [0, 0.05) is 6.20 Å². The molecule has 3 amide bonds. The van der Waals surface area contributed by atoms with Gasteiger partial charge in [0.2, 0.25) is 17.7 Å². The molecular formula is C21H18N4O7. The maximum atomic E-state index is 13.2. The third-order valence-electron chi connectivity index (χ3n) is 6.36. The lowest BCUT2D eigenvalue weighted by molar-refractivity contribution is -0.402. The molecule has 1 saturated carbocycles. The van der Waals surface area contributed by atoms with E-state index in [-0.39, 0.29) is 29.2 Å². The molecule has 3 heterocycles. The Morgan fingerprint density at radius 3 is 2.53 bits per heavy atom. The van der Waals surface area contributed by atoms with E-state index in [0.717, 1.165) is 17.4 Å². The van der Waals surface area contributed by atoms with E-state index in [1.54, 1.807) is 0 Å². The van der Waals surface area contributed by atoms with Gasteiger partial charge in [-0.05, 0) is 36.5 Å². The summed E-state index contributed by atoms with van der Waals surface area (Å²) < 4.78 is 5.28. The molecule has 5 unspecified atom stereocenters. The van der Waals surface area contributed by atoms with Crippen molar-refractivity contribution in [3.8, 4) is 5.75 Å². The van der Waals surface area contributed by atoms with Gasteiger partial charge < -0.3 is 14.8 Å². The highest BCUT2D eigenvalue weighted by Crippen LogP contribution is 2.54. The predicted octanol–water partition coefficient (Wildman–Crippen LogP) is 2.17. The Bertz CT molecular complexity index is 1140. The van der Waals surface area contributed by atoms with Gasteiger partial charge in [-0.15, -0.1) is 0 Å². The van der Waals surface area contributed by atoms with Crippen LogP contribution in [-0.2, 0) is 14.4 Å². The summed E-state index contributed by atoms with van der Waals surface area (Å²) >= 11 is 0. The molecule has 2 bridgehead atoms. The van der Waals surface area contributed by atoms with Gasteiger partial charge in [0.1, 0.15) is 16.7 Å². The number of fused-ring (bicyclic) bond motifs is 5. The molecule has 2 aromatic heterocycles. The molecule has 0 aromatic carbocycles. The molecular weight excluding hydrogens is 420 g/mol. The summed E-state index contributed by atoms with van der Waals surface area (Å²) in [7, 11) is 0. The molecule has 2 aliphatic carbocycles. The second kappa shape index (κ2) is 7.29. The van der Waals surface area contributed by atoms with E-state index in [4.69, 9.17) is 4.42 Å². The third-order valence-corrected chi connectivity index (χ3v) is 6.36. The summed E-state index contributed by atoms with van der Waals surface area (Å²) in [4.78, 5) is 54.5. The first-order valence-electron chi connectivity index (χ1n) is 10.1. The van der Waals surface area contributed by atoms with Crippen LogP contribution in [0.2, 0.25) is 0 Å². The first-order chi connectivity index (χ1) is 15.3. The highest BCUT2D eigenvalue weighted by molar-refractivity contribution is 6.07. The maximum absolute atomic E-state index is 13.2. The minimum Gasteiger partial charge on any atom is -0.504 e. The number of furan rings is 1. The van der Waals surface area contributed by atoms with Gasteiger partial charge in [0.15, 0.2) is 11.6 Å². The van der Waals surface area contributed by atoms with Gasteiger partial charge in [-0.2, -0.15) is 0 Å². The number of rotatable bonds is 6. The fraction of sp³-hybridized carbons (Fsp3) is 0.333. The van der Waals surface area contributed by atoms with Crippen LogP contribution in [0, 0.1) is 33.8 Å². The van der Waals surface area contributed by atoms with E-state index in [1.807, 2.05) is 12.2 Å². The number of likely N-dealkylation sites (tertiary alicyclic amines) is 1. The van der Waals surface area contributed by atoms with Crippen LogP contribution >= 0.6 is 0 Å². The molecule has 164 valence electrons. The van der Waals surface area contributed by atoms with Crippen LogP contribution in [0.15, 0.2) is 47.0 Å². The van der Waals surface area contributed by atoms with Crippen molar-refractivity contribution in [2.45, 2.75) is 18.9 Å². The predicted molar refractivity (Wildman–Crippen MR) is 107 cm³/mol. The normalized spacial score (nSPS) is 26.4. The van der Waals surface area contributed by atoms with Crippen LogP contribution in [0.25, 0.3) is 0 Å². The van der Waals surface area contributed by atoms with Gasteiger partial charge in [0.25, 0.3) is 0 Å². The fourth-order valence-electron chi connectivity index (χ4n) is 5.02. The lowest BCUT2D eigenvalue weighted by Crippen LogP contribution is -2.38. The molecule has 3 aliphatic rings. The van der Waals surface area contributed by atoms with E-state index in [9.17, 15) is 29.6 Å². The number of nitrogens with one attached hydrogen (secondary N) is 1. The topological polar surface area (TPSA) is 156 Å². The maximum Gasteiger partial charge on any atom is 0.433 e. The zero-order valence-corrected chi connectivity index (χ0v) is 16.6. The average molecular weight is 438 g/mol. The Labute approximate surface area is 180 Å². The Balaban J connectivity index is 1.46. The summed E-state index contributed by atoms with van der Waals surface area (Å²) in [6.07, 6.45) is 5.60. The lowest BCUT2D eigenvalue weighted by Gasteiger charge is -2.25. The average Bonchev–Trinajstić information content (AvgIpc) is 3.53. The van der Waals surface area contributed by atoms with Gasteiger partial charge in [0.05, 0.1) is 24.3 Å². The van der Waals surface area contributed by atoms with Crippen molar-refractivity contribution in [1.29, 1.82) is 0 Å². The van der Waals surface area contributed by atoms with E-state index in [0.29, 0.717) is 0 Å². The minimum absolute atomic E-state index is 0.0303. The third kappa shape index (κ3) is 3.04. The SMILES string of the molecule is O=C(CC(c1ccc([N+](=O)[O-])o1)N1C(=O)C2C3C=CC(C3)C2C1=O)Nc1ncccc1O. The molecule has 2 fully saturated rings. The molecule has 11 nitrogen and oxygen atoms in total. The number of amides is 3. The summed E-state index contributed by atoms with van der Waals surface area (Å²) in [6.45, 7) is 0. The molecule has 5 atom stereocenters. The molecule has 2 aromatic rings. The number of hydrogen-bond donors (Lipinski definition) is 2. The van der Waals surface area contributed by atoms with Crippen molar-refractivity contribution in [2.75, 3.05) is 5.32 Å². The van der Waals surface area contributed by atoms with Crippen LogP contribution in [-0.4, -0.2) is 37.6 Å². The monoisotopic (exact) mass is 438 g/mol. The van der Waals surface area contributed by atoms with Gasteiger partial charge in [-0.1, -0.05) is 12.2 Å². The quantitative estimate of drug-likeness (QED) is 0.301. The molecule has 32 heavy (non-hydrogen) atoms. The summed E-state index contributed by atoms with van der Waals surface area (Å²) in [5.74, 6) is -3.45. The highest BCUT2D eigenvalue weighted by Gasteiger charge is 2.61. The van der Waals surface area contributed by atoms with Crippen molar-refractivity contribution in [1.82, 2.24) is 9.88 Å². The second-order valence-electron chi connectivity index (χ2n) is 8.12. The summed E-state index contributed by atoms with van der Waals surface area (Å²) in [6, 6.07) is 4.06. The molecule has 0 spiro atoms. The van der Waals surface area contributed by atoms with Crippen LogP contribution in [0.5, 0.6) is 5.75 Å². The number of allylic oxidation sites excluding steroid dienone is 2. The van der Waals surface area contributed by atoms with E-state index in [2.05, 4.69) is 10.3 Å². The van der Waals surface area contributed by atoms with Crippen LogP contribution in [0.4, 0.5) is 11.7 Å². The fourth-order valence-corrected chi connectivity index (χ4v) is 5.02. The first kappa shape index (κ1) is 19.9. The molecule has 5 rings (SSSR count). The largest absolute Gasteiger partial charge is 0.504 e. The number of hydrogen-bond acceptors (Lipinski definition) is 8. The smallest absolute Gasteiger partial charge is 0.433 e. The zero-order valence-electron chi connectivity index (χ0n) is 16.6.